The molecule has 0 bridgehead atoms. The molecular weight excluding hydrogens is 290 g/mol. The standard InChI is InChI=1S/C18H29N3O2/c1-13(2)21(17(22)23-18(3,4)5)16-14(9-8-12-20-16)15-10-6-7-11-19-15/h8-9,12-13,15,19H,6-7,10-11H2,1-5H3/t15-/m0/s1. The van der Waals surface area contributed by atoms with Gasteiger partial charge in [0.25, 0.3) is 0 Å². The number of carbonyl (C=O) groups excluding carboxylic acids is 1. The highest BCUT2D eigenvalue weighted by Crippen LogP contribution is 2.31. The topological polar surface area (TPSA) is 54.5 Å². The van der Waals surface area contributed by atoms with E-state index in [1.165, 1.54) is 12.8 Å². The number of amides is 1. The molecule has 1 fully saturated rings. The molecule has 0 radical (unpaired) electrons. The van der Waals surface area contributed by atoms with Crippen LogP contribution in [0.4, 0.5) is 10.6 Å². The summed E-state index contributed by atoms with van der Waals surface area (Å²) in [6, 6.07) is 4.21. The van der Waals surface area contributed by atoms with Crippen molar-refractivity contribution in [3.05, 3.63) is 23.9 Å². The Morgan fingerprint density at radius 3 is 2.70 bits per heavy atom. The number of hydrogen-bond acceptors (Lipinski definition) is 4. The summed E-state index contributed by atoms with van der Waals surface area (Å²) in [5.41, 5.74) is 0.550. The van der Waals surface area contributed by atoms with Gasteiger partial charge in [-0.05, 0) is 60.1 Å². The minimum Gasteiger partial charge on any atom is -0.443 e. The predicted molar refractivity (Wildman–Crippen MR) is 92.7 cm³/mol. The normalized spacial score (nSPS) is 18.8. The molecule has 1 saturated heterocycles. The minimum atomic E-state index is -0.526. The Morgan fingerprint density at radius 2 is 2.13 bits per heavy atom. The average Bonchev–Trinajstić information content (AvgIpc) is 2.46. The van der Waals surface area contributed by atoms with Crippen LogP contribution in [0.5, 0.6) is 0 Å². The first-order valence-corrected chi connectivity index (χ1v) is 8.50. The van der Waals surface area contributed by atoms with Crippen molar-refractivity contribution >= 4 is 11.9 Å². The third-order valence-corrected chi connectivity index (χ3v) is 3.84. The summed E-state index contributed by atoms with van der Waals surface area (Å²) in [5.74, 6) is 0.705. The fourth-order valence-corrected chi connectivity index (χ4v) is 2.85. The van der Waals surface area contributed by atoms with Crippen molar-refractivity contribution in [2.24, 2.45) is 0 Å². The molecule has 2 heterocycles. The summed E-state index contributed by atoms with van der Waals surface area (Å²) >= 11 is 0. The largest absolute Gasteiger partial charge is 0.443 e. The van der Waals surface area contributed by atoms with Gasteiger partial charge >= 0.3 is 6.09 Å². The van der Waals surface area contributed by atoms with E-state index in [9.17, 15) is 4.79 Å². The van der Waals surface area contributed by atoms with Crippen molar-refractivity contribution in [1.29, 1.82) is 0 Å². The van der Waals surface area contributed by atoms with Crippen LogP contribution in [0.25, 0.3) is 0 Å². The van der Waals surface area contributed by atoms with Crippen molar-refractivity contribution in [2.75, 3.05) is 11.4 Å². The summed E-state index contributed by atoms with van der Waals surface area (Å²) in [6.45, 7) is 10.6. The lowest BCUT2D eigenvalue weighted by Gasteiger charge is -2.33. The highest BCUT2D eigenvalue weighted by atomic mass is 16.6. The zero-order chi connectivity index (χ0) is 17.0. The van der Waals surface area contributed by atoms with Crippen LogP contribution in [-0.4, -0.2) is 29.3 Å². The Morgan fingerprint density at radius 1 is 1.39 bits per heavy atom. The lowest BCUT2D eigenvalue weighted by atomic mass is 9.97. The smallest absolute Gasteiger partial charge is 0.416 e. The molecule has 5 heteroatoms. The average molecular weight is 319 g/mol. The maximum atomic E-state index is 12.7. The van der Waals surface area contributed by atoms with Gasteiger partial charge in [0.05, 0.1) is 0 Å². The Labute approximate surface area is 139 Å². The number of aromatic nitrogens is 1. The van der Waals surface area contributed by atoms with Gasteiger partial charge in [-0.3, -0.25) is 4.90 Å². The molecule has 0 unspecified atom stereocenters. The summed E-state index contributed by atoms with van der Waals surface area (Å²) in [4.78, 5) is 18.9. The third kappa shape index (κ3) is 4.67. The van der Waals surface area contributed by atoms with Crippen molar-refractivity contribution in [3.63, 3.8) is 0 Å². The quantitative estimate of drug-likeness (QED) is 0.913. The van der Waals surface area contributed by atoms with Gasteiger partial charge in [-0.1, -0.05) is 12.5 Å². The molecular formula is C18H29N3O2. The molecule has 0 aromatic carbocycles. The van der Waals surface area contributed by atoms with Crippen molar-refractivity contribution in [2.45, 2.75) is 71.6 Å². The van der Waals surface area contributed by atoms with Gasteiger partial charge in [-0.15, -0.1) is 0 Å². The molecule has 1 aromatic rings. The van der Waals surface area contributed by atoms with Gasteiger partial charge < -0.3 is 10.1 Å². The molecule has 23 heavy (non-hydrogen) atoms. The molecule has 0 aliphatic carbocycles. The van der Waals surface area contributed by atoms with E-state index >= 15 is 0 Å². The number of hydrogen-bond donors (Lipinski definition) is 1. The summed E-state index contributed by atoms with van der Waals surface area (Å²) in [6.07, 6.45) is 4.86. The zero-order valence-corrected chi connectivity index (χ0v) is 14.9. The molecule has 1 atom stereocenters. The molecule has 128 valence electrons. The van der Waals surface area contributed by atoms with E-state index in [1.54, 1.807) is 11.1 Å². The van der Waals surface area contributed by atoms with Gasteiger partial charge in [0.15, 0.2) is 0 Å². The van der Waals surface area contributed by atoms with Gasteiger partial charge in [0, 0.05) is 23.8 Å². The first-order valence-electron chi connectivity index (χ1n) is 8.50. The molecule has 0 spiro atoms. The highest BCUT2D eigenvalue weighted by Gasteiger charge is 2.30. The van der Waals surface area contributed by atoms with E-state index < -0.39 is 5.60 Å². The fourth-order valence-electron chi connectivity index (χ4n) is 2.85. The van der Waals surface area contributed by atoms with Crippen LogP contribution in [0.3, 0.4) is 0 Å². The summed E-state index contributed by atoms with van der Waals surface area (Å²) in [7, 11) is 0. The van der Waals surface area contributed by atoms with Gasteiger partial charge in [0.1, 0.15) is 11.4 Å². The first-order chi connectivity index (χ1) is 10.8. The number of piperidine rings is 1. The van der Waals surface area contributed by atoms with E-state index in [1.807, 2.05) is 40.7 Å². The fraction of sp³-hybridized carbons (Fsp3) is 0.667. The van der Waals surface area contributed by atoms with Crippen LogP contribution in [0.2, 0.25) is 0 Å². The molecule has 0 saturated carbocycles. The van der Waals surface area contributed by atoms with Crippen LogP contribution in [0.1, 0.15) is 65.5 Å². The van der Waals surface area contributed by atoms with Gasteiger partial charge in [-0.25, -0.2) is 9.78 Å². The van der Waals surface area contributed by atoms with Crippen molar-refractivity contribution < 1.29 is 9.53 Å². The Kier molecular flexibility index (Phi) is 5.63. The zero-order valence-electron chi connectivity index (χ0n) is 14.9. The van der Waals surface area contributed by atoms with E-state index in [2.05, 4.69) is 16.4 Å². The number of nitrogens with one attached hydrogen (secondary N) is 1. The van der Waals surface area contributed by atoms with Crippen LogP contribution < -0.4 is 10.2 Å². The number of anilines is 1. The molecule has 2 rings (SSSR count). The molecule has 5 nitrogen and oxygen atoms in total. The van der Waals surface area contributed by atoms with Crippen LogP contribution in [0.15, 0.2) is 18.3 Å². The number of nitrogens with zero attached hydrogens (tertiary/aromatic N) is 2. The SMILES string of the molecule is CC(C)N(C(=O)OC(C)(C)C)c1ncccc1[C@@H]1CCCCN1. The first kappa shape index (κ1) is 17.7. The lowest BCUT2D eigenvalue weighted by Crippen LogP contribution is -2.42. The number of rotatable bonds is 3. The number of ether oxygens (including phenoxy) is 1. The second-order valence-corrected chi connectivity index (χ2v) is 7.36. The molecule has 1 aliphatic rings. The monoisotopic (exact) mass is 319 g/mol. The molecule has 1 amide bonds. The molecule has 1 aromatic heterocycles. The number of pyridine rings is 1. The van der Waals surface area contributed by atoms with E-state index in [4.69, 9.17) is 4.74 Å². The highest BCUT2D eigenvalue weighted by molar-refractivity contribution is 5.88. The van der Waals surface area contributed by atoms with Gasteiger partial charge in [0.2, 0.25) is 0 Å². The maximum Gasteiger partial charge on any atom is 0.416 e. The molecule has 1 aliphatic heterocycles. The van der Waals surface area contributed by atoms with Crippen LogP contribution >= 0.6 is 0 Å². The van der Waals surface area contributed by atoms with Crippen LogP contribution in [0, 0.1) is 0 Å². The summed E-state index contributed by atoms with van der Waals surface area (Å²) < 4.78 is 5.58. The van der Waals surface area contributed by atoms with Crippen molar-refractivity contribution in [1.82, 2.24) is 10.3 Å². The lowest BCUT2D eigenvalue weighted by molar-refractivity contribution is 0.0568. The van der Waals surface area contributed by atoms with Crippen LogP contribution in [-0.2, 0) is 4.74 Å². The minimum absolute atomic E-state index is 0.0258. The van der Waals surface area contributed by atoms with E-state index in [0.717, 1.165) is 18.5 Å². The molecule has 1 N–H and O–H groups in total. The second kappa shape index (κ2) is 7.30. The summed E-state index contributed by atoms with van der Waals surface area (Å²) in [5, 5.41) is 3.54. The predicted octanol–water partition coefficient (Wildman–Crippen LogP) is 4.05. The maximum absolute atomic E-state index is 12.7. The Hall–Kier alpha value is -1.62. The third-order valence-electron chi connectivity index (χ3n) is 3.84. The van der Waals surface area contributed by atoms with E-state index in [0.29, 0.717) is 5.82 Å². The Bertz CT molecular complexity index is 531. The van der Waals surface area contributed by atoms with Gasteiger partial charge in [-0.2, -0.15) is 0 Å². The van der Waals surface area contributed by atoms with Crippen molar-refractivity contribution in [3.8, 4) is 0 Å². The van der Waals surface area contributed by atoms with E-state index in [-0.39, 0.29) is 18.2 Å². The Balaban J connectivity index is 2.34. The second-order valence-electron chi connectivity index (χ2n) is 7.36. The number of carbonyl (C=O) groups is 1.